The van der Waals surface area contributed by atoms with E-state index in [0.29, 0.717) is 11.1 Å². The van der Waals surface area contributed by atoms with Gasteiger partial charge in [-0.05, 0) is 35.4 Å². The molecule has 1 aliphatic rings. The summed E-state index contributed by atoms with van der Waals surface area (Å²) in [5.74, 6) is -0.331. The molecule has 0 aliphatic heterocycles. The van der Waals surface area contributed by atoms with Crippen molar-refractivity contribution in [3.8, 4) is 0 Å². The average molecular weight is 390 g/mol. The fourth-order valence-corrected chi connectivity index (χ4v) is 3.42. The summed E-state index contributed by atoms with van der Waals surface area (Å²) in [5, 5.41) is 0.0309. The molecule has 0 aromatic heterocycles. The van der Waals surface area contributed by atoms with Gasteiger partial charge in [-0.3, -0.25) is 4.79 Å². The molecule has 2 aromatic rings. The van der Waals surface area contributed by atoms with Gasteiger partial charge in [-0.15, -0.1) is 0 Å². The lowest BCUT2D eigenvalue weighted by Gasteiger charge is -2.15. The molecule has 3 rings (SSSR count). The lowest BCUT2D eigenvalue weighted by molar-refractivity contribution is -0.137. The molecule has 0 spiro atoms. The highest BCUT2D eigenvalue weighted by Gasteiger charge is 2.34. The maximum Gasteiger partial charge on any atom is 0.416 e. The Kier molecular flexibility index (Phi) is 3.81. The van der Waals surface area contributed by atoms with Crippen molar-refractivity contribution in [2.24, 2.45) is 0 Å². The van der Waals surface area contributed by atoms with Crippen LogP contribution in [0.3, 0.4) is 0 Å². The first-order chi connectivity index (χ1) is 10.3. The molecule has 2 aromatic carbocycles. The number of carbonyl (C=O) groups excluding carboxylic acids is 1. The zero-order chi connectivity index (χ0) is 16.1. The summed E-state index contributed by atoms with van der Waals surface area (Å²) >= 11 is 9.35. The third-order valence-corrected chi connectivity index (χ3v) is 4.60. The van der Waals surface area contributed by atoms with E-state index in [0.717, 1.165) is 22.2 Å². The maximum absolute atomic E-state index is 12.7. The predicted octanol–water partition coefficient (Wildman–Crippen LogP) is 5.84. The van der Waals surface area contributed by atoms with Crippen molar-refractivity contribution in [1.82, 2.24) is 0 Å². The van der Waals surface area contributed by atoms with E-state index in [1.807, 2.05) is 12.1 Å². The zero-order valence-corrected chi connectivity index (χ0v) is 13.4. The number of fused-ring (bicyclic) bond motifs is 1. The quantitative estimate of drug-likeness (QED) is 0.599. The van der Waals surface area contributed by atoms with Crippen LogP contribution in [0.2, 0.25) is 5.02 Å². The molecule has 0 bridgehead atoms. The van der Waals surface area contributed by atoms with Gasteiger partial charge < -0.3 is 0 Å². The summed E-state index contributed by atoms with van der Waals surface area (Å²) in [6, 6.07) is 8.63. The minimum Gasteiger partial charge on any atom is -0.294 e. The van der Waals surface area contributed by atoms with E-state index in [-0.39, 0.29) is 23.1 Å². The van der Waals surface area contributed by atoms with Gasteiger partial charge in [0.1, 0.15) is 0 Å². The van der Waals surface area contributed by atoms with Crippen LogP contribution in [0.1, 0.15) is 39.4 Å². The minimum absolute atomic E-state index is 0.0303. The van der Waals surface area contributed by atoms with E-state index < -0.39 is 11.7 Å². The Balaban J connectivity index is 2.06. The fourth-order valence-electron chi connectivity index (χ4n) is 2.74. The number of alkyl halides is 3. The highest BCUT2D eigenvalue weighted by Crippen LogP contribution is 2.43. The van der Waals surface area contributed by atoms with Crippen LogP contribution in [0.4, 0.5) is 13.2 Å². The first-order valence-corrected chi connectivity index (χ1v) is 7.64. The largest absolute Gasteiger partial charge is 0.416 e. The molecule has 0 amide bonds. The van der Waals surface area contributed by atoms with Crippen LogP contribution in [-0.2, 0) is 6.18 Å². The van der Waals surface area contributed by atoms with Crippen molar-refractivity contribution in [2.45, 2.75) is 18.5 Å². The molecule has 0 fully saturated rings. The van der Waals surface area contributed by atoms with Crippen molar-refractivity contribution >= 4 is 33.3 Å². The molecular weight excluding hydrogens is 381 g/mol. The molecule has 6 heteroatoms. The number of ketones is 1. The molecule has 0 heterocycles. The summed E-state index contributed by atoms with van der Waals surface area (Å²) < 4.78 is 38.9. The van der Waals surface area contributed by atoms with Crippen molar-refractivity contribution in [2.75, 3.05) is 0 Å². The van der Waals surface area contributed by atoms with E-state index >= 15 is 0 Å². The number of hydrogen-bond donors (Lipinski definition) is 0. The predicted molar refractivity (Wildman–Crippen MR) is 81.4 cm³/mol. The van der Waals surface area contributed by atoms with Gasteiger partial charge in [-0.25, -0.2) is 0 Å². The second-order valence-corrected chi connectivity index (χ2v) is 6.47. The standard InChI is InChI=1S/C16H9BrClF3O/c17-9-2-4-10-12(7-15(22)13(10)6-9)11-3-1-8(5-14(11)18)16(19,20)21/h1-6,12H,7H2/t12-/m0/s1. The zero-order valence-electron chi connectivity index (χ0n) is 11.0. The third-order valence-electron chi connectivity index (χ3n) is 3.78. The van der Waals surface area contributed by atoms with Crippen LogP contribution in [0, 0.1) is 0 Å². The van der Waals surface area contributed by atoms with E-state index in [1.54, 1.807) is 6.07 Å². The van der Waals surface area contributed by atoms with Crippen LogP contribution < -0.4 is 0 Å². The molecular formula is C16H9BrClF3O. The van der Waals surface area contributed by atoms with E-state index in [4.69, 9.17) is 11.6 Å². The Morgan fingerprint density at radius 2 is 1.77 bits per heavy atom. The second kappa shape index (κ2) is 5.39. The highest BCUT2D eigenvalue weighted by atomic mass is 79.9. The summed E-state index contributed by atoms with van der Waals surface area (Å²) in [5.41, 5.74) is 1.15. The third kappa shape index (κ3) is 2.68. The number of benzene rings is 2. The van der Waals surface area contributed by atoms with Gasteiger partial charge in [-0.1, -0.05) is 39.7 Å². The number of Topliss-reactive ketones (excluding diaryl/α,β-unsaturated/α-hetero) is 1. The summed E-state index contributed by atoms with van der Waals surface area (Å²) in [6.45, 7) is 0. The monoisotopic (exact) mass is 388 g/mol. The Hall–Kier alpha value is -1.33. The van der Waals surface area contributed by atoms with Crippen LogP contribution in [-0.4, -0.2) is 5.78 Å². The van der Waals surface area contributed by atoms with Crippen molar-refractivity contribution in [3.05, 3.63) is 68.1 Å². The van der Waals surface area contributed by atoms with Crippen LogP contribution >= 0.6 is 27.5 Å². The van der Waals surface area contributed by atoms with Gasteiger partial charge in [0.15, 0.2) is 5.78 Å². The van der Waals surface area contributed by atoms with Crippen LogP contribution in [0.5, 0.6) is 0 Å². The average Bonchev–Trinajstić information content (AvgIpc) is 2.74. The van der Waals surface area contributed by atoms with Gasteiger partial charge >= 0.3 is 6.18 Å². The van der Waals surface area contributed by atoms with Crippen molar-refractivity contribution in [3.63, 3.8) is 0 Å². The minimum atomic E-state index is -4.43. The second-order valence-electron chi connectivity index (χ2n) is 5.15. The first-order valence-electron chi connectivity index (χ1n) is 6.46. The number of halogens is 5. The number of rotatable bonds is 1. The van der Waals surface area contributed by atoms with Crippen LogP contribution in [0.25, 0.3) is 0 Å². The number of hydrogen-bond acceptors (Lipinski definition) is 1. The topological polar surface area (TPSA) is 17.1 Å². The molecule has 0 N–H and O–H groups in total. The van der Waals surface area contributed by atoms with E-state index in [1.165, 1.54) is 6.07 Å². The first kappa shape index (κ1) is 15.6. The smallest absolute Gasteiger partial charge is 0.294 e. The van der Waals surface area contributed by atoms with Crippen molar-refractivity contribution in [1.29, 1.82) is 0 Å². The summed E-state index contributed by atoms with van der Waals surface area (Å²) in [6.07, 6.45) is -4.21. The summed E-state index contributed by atoms with van der Waals surface area (Å²) in [4.78, 5) is 12.1. The molecule has 0 saturated heterocycles. The fraction of sp³-hybridized carbons (Fsp3) is 0.188. The normalized spacial score (nSPS) is 17.7. The molecule has 0 radical (unpaired) electrons. The molecule has 0 unspecified atom stereocenters. The molecule has 0 saturated carbocycles. The Bertz CT molecular complexity index is 770. The Labute approximate surface area is 138 Å². The molecule has 114 valence electrons. The van der Waals surface area contributed by atoms with Gasteiger partial charge in [0.05, 0.1) is 5.56 Å². The molecule has 1 aliphatic carbocycles. The van der Waals surface area contributed by atoms with Gasteiger partial charge in [0.2, 0.25) is 0 Å². The lowest BCUT2D eigenvalue weighted by Crippen LogP contribution is -2.06. The SMILES string of the molecule is O=C1C[C@H](c2ccc(C(F)(F)F)cc2Cl)c2ccc(Br)cc21. The summed E-state index contributed by atoms with van der Waals surface area (Å²) in [7, 11) is 0. The Morgan fingerprint density at radius 3 is 2.41 bits per heavy atom. The van der Waals surface area contributed by atoms with E-state index in [2.05, 4.69) is 15.9 Å². The van der Waals surface area contributed by atoms with Gasteiger partial charge in [0, 0.05) is 27.4 Å². The molecule has 1 nitrogen and oxygen atoms in total. The van der Waals surface area contributed by atoms with Crippen molar-refractivity contribution < 1.29 is 18.0 Å². The molecule has 1 atom stereocenters. The van der Waals surface area contributed by atoms with Gasteiger partial charge in [-0.2, -0.15) is 13.2 Å². The highest BCUT2D eigenvalue weighted by molar-refractivity contribution is 9.10. The number of carbonyl (C=O) groups is 1. The Morgan fingerprint density at radius 1 is 1.09 bits per heavy atom. The molecule has 22 heavy (non-hydrogen) atoms. The van der Waals surface area contributed by atoms with Crippen LogP contribution in [0.15, 0.2) is 40.9 Å². The van der Waals surface area contributed by atoms with Gasteiger partial charge in [0.25, 0.3) is 0 Å². The lowest BCUT2D eigenvalue weighted by atomic mass is 9.92. The van der Waals surface area contributed by atoms with E-state index in [9.17, 15) is 18.0 Å². The maximum atomic E-state index is 12.7.